The molecular formula is C11H25N3O3. The van der Waals surface area contributed by atoms with Crippen LogP contribution in [-0.4, -0.2) is 95.4 Å². The highest BCUT2D eigenvalue weighted by Gasteiger charge is 2.17. The molecule has 3 N–H and O–H groups in total. The fraction of sp³-hybridized carbons (Fsp3) is 1.00. The average molecular weight is 247 g/mol. The number of β-amino-alcohol motifs (C(OH)–C–C–N with tert-alkyl or cyclic N) is 1. The number of hydrogen-bond acceptors (Lipinski definition) is 6. The van der Waals surface area contributed by atoms with Crippen molar-refractivity contribution in [3.63, 3.8) is 0 Å². The maximum atomic E-state index is 9.64. The van der Waals surface area contributed by atoms with Crippen molar-refractivity contribution in [3.05, 3.63) is 0 Å². The number of aliphatic hydroxyl groups excluding tert-OH is 3. The van der Waals surface area contributed by atoms with E-state index in [1.165, 1.54) is 0 Å². The molecule has 0 spiro atoms. The molecule has 0 radical (unpaired) electrons. The first-order valence-electron chi connectivity index (χ1n) is 6.26. The first kappa shape index (κ1) is 14.8. The summed E-state index contributed by atoms with van der Waals surface area (Å²) in [7, 11) is 0. The van der Waals surface area contributed by atoms with Crippen LogP contribution >= 0.6 is 0 Å². The normalized spacial score (nSPS) is 24.0. The molecule has 17 heavy (non-hydrogen) atoms. The summed E-state index contributed by atoms with van der Waals surface area (Å²) in [5.74, 6) is 0. The minimum absolute atomic E-state index is 0.0423. The molecule has 6 nitrogen and oxygen atoms in total. The van der Waals surface area contributed by atoms with Crippen molar-refractivity contribution >= 4 is 0 Å². The van der Waals surface area contributed by atoms with Gasteiger partial charge in [0.1, 0.15) is 6.23 Å². The lowest BCUT2D eigenvalue weighted by atomic mass is 10.4. The molecule has 0 bridgehead atoms. The van der Waals surface area contributed by atoms with E-state index in [1.54, 1.807) is 6.92 Å². The zero-order valence-electron chi connectivity index (χ0n) is 10.6. The fourth-order valence-electron chi connectivity index (χ4n) is 2.04. The van der Waals surface area contributed by atoms with Gasteiger partial charge in [0.2, 0.25) is 0 Å². The largest absolute Gasteiger partial charge is 0.395 e. The van der Waals surface area contributed by atoms with Crippen LogP contribution in [0.4, 0.5) is 0 Å². The summed E-state index contributed by atoms with van der Waals surface area (Å²) < 4.78 is 0. The minimum atomic E-state index is -0.468. The van der Waals surface area contributed by atoms with Crippen molar-refractivity contribution in [2.75, 3.05) is 59.2 Å². The molecule has 102 valence electrons. The lowest BCUT2D eigenvalue weighted by Crippen LogP contribution is -2.41. The first-order chi connectivity index (χ1) is 8.17. The van der Waals surface area contributed by atoms with Crippen molar-refractivity contribution in [1.82, 2.24) is 14.7 Å². The number of hydrogen-bond donors (Lipinski definition) is 3. The third kappa shape index (κ3) is 5.29. The predicted octanol–water partition coefficient (Wildman–Crippen LogP) is -1.81. The molecule has 0 aromatic carbocycles. The predicted molar refractivity (Wildman–Crippen MR) is 65.4 cm³/mol. The third-order valence-corrected chi connectivity index (χ3v) is 3.28. The van der Waals surface area contributed by atoms with Gasteiger partial charge in [-0.2, -0.15) is 0 Å². The summed E-state index contributed by atoms with van der Waals surface area (Å²) in [6, 6.07) is 0. The second-order valence-electron chi connectivity index (χ2n) is 4.49. The Kier molecular flexibility index (Phi) is 6.94. The summed E-state index contributed by atoms with van der Waals surface area (Å²) in [5, 5.41) is 27.8. The van der Waals surface area contributed by atoms with Crippen LogP contribution in [0.15, 0.2) is 0 Å². The molecule has 1 fully saturated rings. The van der Waals surface area contributed by atoms with E-state index in [2.05, 4.69) is 4.90 Å². The Bertz CT molecular complexity index is 204. The van der Waals surface area contributed by atoms with E-state index in [1.807, 2.05) is 9.80 Å². The average Bonchev–Trinajstić information content (AvgIpc) is 2.40. The Morgan fingerprint density at radius 1 is 0.941 bits per heavy atom. The van der Waals surface area contributed by atoms with Crippen LogP contribution in [0, 0.1) is 0 Å². The molecule has 0 aromatic rings. The highest BCUT2D eigenvalue weighted by molar-refractivity contribution is 4.70. The van der Waals surface area contributed by atoms with E-state index >= 15 is 0 Å². The van der Waals surface area contributed by atoms with Gasteiger partial charge in [-0.15, -0.1) is 0 Å². The van der Waals surface area contributed by atoms with Gasteiger partial charge < -0.3 is 15.3 Å². The molecule has 1 saturated heterocycles. The Morgan fingerprint density at radius 3 is 2.00 bits per heavy atom. The molecule has 0 aliphatic carbocycles. The maximum absolute atomic E-state index is 9.64. The van der Waals surface area contributed by atoms with Crippen molar-refractivity contribution in [3.8, 4) is 0 Å². The van der Waals surface area contributed by atoms with Gasteiger partial charge in [0.25, 0.3) is 0 Å². The molecule has 0 aromatic heterocycles. The minimum Gasteiger partial charge on any atom is -0.395 e. The van der Waals surface area contributed by atoms with Crippen molar-refractivity contribution in [2.45, 2.75) is 13.2 Å². The number of rotatable bonds is 4. The van der Waals surface area contributed by atoms with Crippen LogP contribution < -0.4 is 0 Å². The highest BCUT2D eigenvalue weighted by Crippen LogP contribution is 2.02. The molecule has 1 atom stereocenters. The Morgan fingerprint density at radius 2 is 1.47 bits per heavy atom. The highest BCUT2D eigenvalue weighted by atomic mass is 16.3. The lowest BCUT2D eigenvalue weighted by molar-refractivity contribution is 0.00732. The summed E-state index contributed by atoms with van der Waals surface area (Å²) in [6.07, 6.45) is -0.468. The van der Waals surface area contributed by atoms with Gasteiger partial charge in [0, 0.05) is 45.8 Å². The zero-order chi connectivity index (χ0) is 12.7. The molecule has 1 aliphatic heterocycles. The van der Waals surface area contributed by atoms with Gasteiger partial charge in [0.05, 0.1) is 13.3 Å². The topological polar surface area (TPSA) is 70.4 Å². The Hall–Kier alpha value is -0.240. The standard InChI is InChI=1S/C11H25N3O3/c1-11(17)14-6-4-12(8-9-15)2-3-13(10-16)5-7-14/h11,15-17H,2-10H2,1H3. The molecule has 1 heterocycles. The summed E-state index contributed by atoms with van der Waals surface area (Å²) in [6.45, 7) is 7.37. The van der Waals surface area contributed by atoms with Crippen LogP contribution in [0.25, 0.3) is 0 Å². The van der Waals surface area contributed by atoms with Crippen LogP contribution in [0.3, 0.4) is 0 Å². The molecule has 1 unspecified atom stereocenters. The van der Waals surface area contributed by atoms with E-state index in [0.29, 0.717) is 6.54 Å². The number of aliphatic hydroxyl groups is 3. The number of nitrogens with zero attached hydrogens (tertiary/aromatic N) is 3. The van der Waals surface area contributed by atoms with Crippen LogP contribution in [0.2, 0.25) is 0 Å². The van der Waals surface area contributed by atoms with Gasteiger partial charge in [-0.1, -0.05) is 0 Å². The van der Waals surface area contributed by atoms with Crippen molar-refractivity contribution in [1.29, 1.82) is 0 Å². The van der Waals surface area contributed by atoms with Crippen LogP contribution in [0.5, 0.6) is 0 Å². The van der Waals surface area contributed by atoms with Crippen LogP contribution in [0.1, 0.15) is 6.92 Å². The third-order valence-electron chi connectivity index (χ3n) is 3.28. The van der Waals surface area contributed by atoms with Gasteiger partial charge >= 0.3 is 0 Å². The lowest BCUT2D eigenvalue weighted by Gasteiger charge is -2.27. The van der Waals surface area contributed by atoms with Gasteiger partial charge in [-0.05, 0) is 6.92 Å². The molecule has 0 saturated carbocycles. The zero-order valence-corrected chi connectivity index (χ0v) is 10.6. The molecule has 6 heteroatoms. The molecule has 1 rings (SSSR count). The van der Waals surface area contributed by atoms with Crippen molar-refractivity contribution in [2.24, 2.45) is 0 Å². The van der Waals surface area contributed by atoms with Crippen molar-refractivity contribution < 1.29 is 15.3 Å². The molecule has 1 aliphatic rings. The van der Waals surface area contributed by atoms with Gasteiger partial charge in [-0.25, -0.2) is 0 Å². The second-order valence-corrected chi connectivity index (χ2v) is 4.49. The second kappa shape index (κ2) is 7.97. The van der Waals surface area contributed by atoms with Gasteiger partial charge in [0.15, 0.2) is 0 Å². The smallest absolute Gasteiger partial charge is 0.104 e. The Balaban J connectivity index is 2.54. The first-order valence-corrected chi connectivity index (χ1v) is 6.26. The monoisotopic (exact) mass is 247 g/mol. The van der Waals surface area contributed by atoms with E-state index < -0.39 is 6.23 Å². The van der Waals surface area contributed by atoms with E-state index in [4.69, 9.17) is 5.11 Å². The summed E-state index contributed by atoms with van der Waals surface area (Å²) in [4.78, 5) is 6.09. The quantitative estimate of drug-likeness (QED) is 0.544. The van der Waals surface area contributed by atoms with E-state index in [9.17, 15) is 10.2 Å². The van der Waals surface area contributed by atoms with Gasteiger partial charge in [-0.3, -0.25) is 14.7 Å². The summed E-state index contributed by atoms with van der Waals surface area (Å²) >= 11 is 0. The fourth-order valence-corrected chi connectivity index (χ4v) is 2.04. The maximum Gasteiger partial charge on any atom is 0.104 e. The van der Waals surface area contributed by atoms with E-state index in [0.717, 1.165) is 39.3 Å². The molecule has 0 amide bonds. The van der Waals surface area contributed by atoms with Crippen LogP contribution in [-0.2, 0) is 0 Å². The molecular weight excluding hydrogens is 222 g/mol. The van der Waals surface area contributed by atoms with E-state index in [-0.39, 0.29) is 13.3 Å². The summed E-state index contributed by atoms with van der Waals surface area (Å²) in [5.41, 5.74) is 0. The SMILES string of the molecule is CC(O)N1CCN(CO)CCN(CCO)CC1. The Labute approximate surface area is 103 Å².